The van der Waals surface area contributed by atoms with Crippen LogP contribution in [0.15, 0.2) is 30.2 Å². The predicted molar refractivity (Wildman–Crippen MR) is 92.4 cm³/mol. The van der Waals surface area contributed by atoms with Gasteiger partial charge in [0.1, 0.15) is 0 Å². The molecule has 1 amide bonds. The first-order valence-electron chi connectivity index (χ1n) is 8.27. The number of hydrogen-bond donors (Lipinski definition) is 0. The summed E-state index contributed by atoms with van der Waals surface area (Å²) < 4.78 is 1.83. The molecule has 0 saturated carbocycles. The van der Waals surface area contributed by atoms with Crippen LogP contribution in [0.5, 0.6) is 0 Å². The van der Waals surface area contributed by atoms with Crippen molar-refractivity contribution in [3.05, 3.63) is 46.6 Å². The molecule has 0 aromatic carbocycles. The molecule has 4 rings (SSSR count). The molecule has 3 aromatic heterocycles. The van der Waals surface area contributed by atoms with Gasteiger partial charge >= 0.3 is 0 Å². The number of carbonyl (C=O) groups is 1. The normalized spacial score (nSPS) is 18.2. The molecule has 7 heteroatoms. The van der Waals surface area contributed by atoms with E-state index in [-0.39, 0.29) is 5.91 Å². The van der Waals surface area contributed by atoms with E-state index in [0.29, 0.717) is 23.8 Å². The van der Waals surface area contributed by atoms with Crippen LogP contribution in [0.25, 0.3) is 5.65 Å². The van der Waals surface area contributed by atoms with Crippen molar-refractivity contribution in [2.75, 3.05) is 13.1 Å². The minimum Gasteiger partial charge on any atom is -0.336 e. The quantitative estimate of drug-likeness (QED) is 0.735. The number of aryl methyl sites for hydroxylation is 1. The number of aromatic nitrogens is 4. The largest absolute Gasteiger partial charge is 0.336 e. The molecule has 0 unspecified atom stereocenters. The second-order valence-electron chi connectivity index (χ2n) is 6.05. The van der Waals surface area contributed by atoms with Crippen molar-refractivity contribution in [3.63, 3.8) is 0 Å². The number of hydrogen-bond acceptors (Lipinski definition) is 5. The fourth-order valence-electron chi connectivity index (χ4n) is 3.19. The Morgan fingerprint density at radius 2 is 2.17 bits per heavy atom. The zero-order chi connectivity index (χ0) is 16.5. The number of imidazole rings is 1. The highest BCUT2D eigenvalue weighted by Crippen LogP contribution is 2.30. The number of fused-ring (bicyclic) bond motifs is 1. The SMILES string of the molecule is CCc1csc([C@@H]2CCCN(C(=O)c3nccn4ccnc34)C2)n1. The van der Waals surface area contributed by atoms with Crippen LogP contribution in [0.1, 0.15) is 46.9 Å². The van der Waals surface area contributed by atoms with Gasteiger partial charge in [0.05, 0.1) is 10.7 Å². The van der Waals surface area contributed by atoms with Gasteiger partial charge in [-0.05, 0) is 19.3 Å². The molecule has 124 valence electrons. The van der Waals surface area contributed by atoms with Crippen LogP contribution in [-0.2, 0) is 6.42 Å². The highest BCUT2D eigenvalue weighted by Gasteiger charge is 2.29. The van der Waals surface area contributed by atoms with E-state index in [1.165, 1.54) is 0 Å². The molecule has 1 atom stereocenters. The van der Waals surface area contributed by atoms with Gasteiger partial charge < -0.3 is 9.30 Å². The topological polar surface area (TPSA) is 63.4 Å². The van der Waals surface area contributed by atoms with Crippen molar-refractivity contribution >= 4 is 22.9 Å². The fraction of sp³-hybridized carbons (Fsp3) is 0.412. The van der Waals surface area contributed by atoms with E-state index in [1.807, 2.05) is 15.5 Å². The Hall–Kier alpha value is -2.28. The molecule has 3 aromatic rings. The van der Waals surface area contributed by atoms with Gasteiger partial charge in [-0.25, -0.2) is 15.0 Å². The number of nitrogens with zero attached hydrogens (tertiary/aromatic N) is 5. The summed E-state index contributed by atoms with van der Waals surface area (Å²) in [6, 6.07) is 0. The number of thiazole rings is 1. The van der Waals surface area contributed by atoms with Gasteiger partial charge in [0.15, 0.2) is 11.3 Å². The van der Waals surface area contributed by atoms with Gasteiger partial charge in [-0.1, -0.05) is 6.92 Å². The van der Waals surface area contributed by atoms with Crippen LogP contribution >= 0.6 is 11.3 Å². The predicted octanol–water partition coefficient (Wildman–Crippen LogP) is 2.77. The fourth-order valence-corrected chi connectivity index (χ4v) is 4.22. The van der Waals surface area contributed by atoms with Gasteiger partial charge in [0, 0.05) is 49.2 Å². The van der Waals surface area contributed by atoms with Gasteiger partial charge in [-0.2, -0.15) is 0 Å². The lowest BCUT2D eigenvalue weighted by Crippen LogP contribution is -2.39. The summed E-state index contributed by atoms with van der Waals surface area (Å²) in [5.74, 6) is 0.288. The maximum Gasteiger partial charge on any atom is 0.276 e. The third-order valence-corrected chi connectivity index (χ3v) is 5.56. The number of carbonyl (C=O) groups excluding carboxylic acids is 1. The zero-order valence-corrected chi connectivity index (χ0v) is 14.4. The van der Waals surface area contributed by atoms with E-state index in [9.17, 15) is 4.79 Å². The summed E-state index contributed by atoms with van der Waals surface area (Å²) in [4.78, 5) is 28.1. The Bertz CT molecular complexity index is 871. The van der Waals surface area contributed by atoms with Crippen molar-refractivity contribution in [2.24, 2.45) is 0 Å². The highest BCUT2D eigenvalue weighted by atomic mass is 32.1. The first-order valence-corrected chi connectivity index (χ1v) is 9.15. The first-order chi connectivity index (χ1) is 11.8. The molecular weight excluding hydrogens is 322 g/mol. The van der Waals surface area contributed by atoms with Crippen LogP contribution in [0.3, 0.4) is 0 Å². The van der Waals surface area contributed by atoms with E-state index < -0.39 is 0 Å². The standard InChI is InChI=1S/C17H19N5OS/c1-2-13-11-24-16(20-13)12-4-3-7-22(10-12)17(23)14-15-19-6-9-21(15)8-5-18-14/h5-6,8-9,11-12H,2-4,7,10H2,1H3/t12-/m1/s1. The minimum atomic E-state index is -0.0382. The minimum absolute atomic E-state index is 0.0382. The lowest BCUT2D eigenvalue weighted by molar-refractivity contribution is 0.0702. The van der Waals surface area contributed by atoms with Crippen LogP contribution in [0.2, 0.25) is 0 Å². The molecule has 1 saturated heterocycles. The van der Waals surface area contributed by atoms with Crippen molar-refractivity contribution in [1.29, 1.82) is 0 Å². The lowest BCUT2D eigenvalue weighted by Gasteiger charge is -2.31. The van der Waals surface area contributed by atoms with E-state index in [2.05, 4.69) is 22.3 Å². The molecule has 4 heterocycles. The van der Waals surface area contributed by atoms with Crippen molar-refractivity contribution in [2.45, 2.75) is 32.1 Å². The second-order valence-corrected chi connectivity index (χ2v) is 6.94. The molecule has 1 fully saturated rings. The Labute approximate surface area is 144 Å². The van der Waals surface area contributed by atoms with Crippen LogP contribution < -0.4 is 0 Å². The molecule has 24 heavy (non-hydrogen) atoms. The third-order valence-electron chi connectivity index (χ3n) is 4.50. The molecule has 1 aliphatic rings. The van der Waals surface area contributed by atoms with Crippen LogP contribution in [0, 0.1) is 0 Å². The Morgan fingerprint density at radius 1 is 1.33 bits per heavy atom. The molecule has 0 bridgehead atoms. The molecular formula is C17H19N5OS. The summed E-state index contributed by atoms with van der Waals surface area (Å²) >= 11 is 1.71. The summed E-state index contributed by atoms with van der Waals surface area (Å²) in [5.41, 5.74) is 2.19. The molecule has 0 radical (unpaired) electrons. The third kappa shape index (κ3) is 2.69. The average Bonchev–Trinajstić information content (AvgIpc) is 3.30. The molecule has 0 aliphatic carbocycles. The molecule has 0 N–H and O–H groups in total. The van der Waals surface area contributed by atoms with Gasteiger partial charge in [-0.15, -0.1) is 11.3 Å². The maximum atomic E-state index is 12.9. The first kappa shape index (κ1) is 15.3. The Kier molecular flexibility index (Phi) is 4.02. The number of piperidine rings is 1. The van der Waals surface area contributed by atoms with Crippen molar-refractivity contribution in [1.82, 2.24) is 24.3 Å². The summed E-state index contributed by atoms with van der Waals surface area (Å²) in [6.45, 7) is 3.59. The summed E-state index contributed by atoms with van der Waals surface area (Å²) in [5, 5.41) is 3.28. The second kappa shape index (κ2) is 6.32. The van der Waals surface area contributed by atoms with Crippen LogP contribution in [-0.4, -0.2) is 43.2 Å². The van der Waals surface area contributed by atoms with E-state index in [1.54, 1.807) is 29.9 Å². The molecule has 0 spiro atoms. The van der Waals surface area contributed by atoms with Gasteiger partial charge in [-0.3, -0.25) is 4.79 Å². The number of likely N-dealkylation sites (tertiary alicyclic amines) is 1. The van der Waals surface area contributed by atoms with E-state index in [0.717, 1.165) is 36.5 Å². The average molecular weight is 341 g/mol. The smallest absolute Gasteiger partial charge is 0.276 e. The summed E-state index contributed by atoms with van der Waals surface area (Å²) in [6.07, 6.45) is 10.0. The number of amides is 1. The van der Waals surface area contributed by atoms with Crippen molar-refractivity contribution < 1.29 is 4.79 Å². The van der Waals surface area contributed by atoms with Gasteiger partial charge in [0.25, 0.3) is 5.91 Å². The monoisotopic (exact) mass is 341 g/mol. The Morgan fingerprint density at radius 3 is 2.96 bits per heavy atom. The summed E-state index contributed by atoms with van der Waals surface area (Å²) in [7, 11) is 0. The maximum absolute atomic E-state index is 12.9. The lowest BCUT2D eigenvalue weighted by atomic mass is 9.98. The molecule has 1 aliphatic heterocycles. The Balaban J connectivity index is 1.57. The zero-order valence-electron chi connectivity index (χ0n) is 13.6. The molecule has 6 nitrogen and oxygen atoms in total. The highest BCUT2D eigenvalue weighted by molar-refractivity contribution is 7.09. The van der Waals surface area contributed by atoms with E-state index >= 15 is 0 Å². The number of rotatable bonds is 3. The van der Waals surface area contributed by atoms with E-state index in [4.69, 9.17) is 4.98 Å². The van der Waals surface area contributed by atoms with Crippen LogP contribution in [0.4, 0.5) is 0 Å². The van der Waals surface area contributed by atoms with Gasteiger partial charge in [0.2, 0.25) is 0 Å². The van der Waals surface area contributed by atoms with Crippen molar-refractivity contribution in [3.8, 4) is 0 Å².